The first-order valence-electron chi connectivity index (χ1n) is 9.59. The summed E-state index contributed by atoms with van der Waals surface area (Å²) in [5.74, 6) is -1.84. The molecule has 2 aromatic carbocycles. The van der Waals surface area contributed by atoms with E-state index in [4.69, 9.17) is 9.15 Å². The van der Waals surface area contributed by atoms with Gasteiger partial charge in [0.15, 0.2) is 12.4 Å². The third-order valence-corrected chi connectivity index (χ3v) is 4.27. The summed E-state index contributed by atoms with van der Waals surface area (Å²) in [7, 11) is 2.40. The van der Waals surface area contributed by atoms with Crippen LogP contribution in [0.3, 0.4) is 0 Å². The van der Waals surface area contributed by atoms with Crippen molar-refractivity contribution >= 4 is 35.1 Å². The number of anilines is 2. The van der Waals surface area contributed by atoms with E-state index in [0.717, 1.165) is 0 Å². The fourth-order valence-corrected chi connectivity index (χ4v) is 2.78. The summed E-state index contributed by atoms with van der Waals surface area (Å²) in [5.41, 5.74) is 0.766. The highest BCUT2D eigenvalue weighted by atomic mass is 16.5. The standard InChI is InChI=1S/C23H20N2O8/c1-30-22(28)14-9-15(23(29)31-2)11-17(10-14)24-20(26)13-33-18-6-3-5-16(12-18)25-21(27)19-7-4-8-32-19/h3-12H,13H2,1-2H3,(H,24,26)(H,25,27). The Hall–Kier alpha value is -4.60. The van der Waals surface area contributed by atoms with Crippen molar-refractivity contribution in [1.29, 1.82) is 0 Å². The van der Waals surface area contributed by atoms with Gasteiger partial charge < -0.3 is 29.3 Å². The fraction of sp³-hybridized carbons (Fsp3) is 0.130. The molecule has 0 spiro atoms. The molecule has 3 rings (SSSR count). The second-order valence-corrected chi connectivity index (χ2v) is 6.58. The third kappa shape index (κ3) is 6.20. The lowest BCUT2D eigenvalue weighted by atomic mass is 10.1. The Bertz CT molecular complexity index is 1140. The largest absolute Gasteiger partial charge is 0.484 e. The number of furan rings is 1. The second kappa shape index (κ2) is 10.6. The van der Waals surface area contributed by atoms with Crippen LogP contribution in [0.25, 0.3) is 0 Å². The molecule has 1 aromatic heterocycles. The molecule has 0 atom stereocenters. The van der Waals surface area contributed by atoms with Crippen LogP contribution >= 0.6 is 0 Å². The van der Waals surface area contributed by atoms with Gasteiger partial charge in [-0.15, -0.1) is 0 Å². The van der Waals surface area contributed by atoms with Crippen LogP contribution in [0.2, 0.25) is 0 Å². The number of hydrogen-bond donors (Lipinski definition) is 2. The quantitative estimate of drug-likeness (QED) is 0.498. The highest BCUT2D eigenvalue weighted by molar-refractivity contribution is 6.02. The van der Waals surface area contributed by atoms with Crippen molar-refractivity contribution in [2.24, 2.45) is 0 Å². The van der Waals surface area contributed by atoms with Crippen molar-refractivity contribution < 1.29 is 37.8 Å². The van der Waals surface area contributed by atoms with E-state index < -0.39 is 23.8 Å². The van der Waals surface area contributed by atoms with Crippen LogP contribution < -0.4 is 15.4 Å². The zero-order valence-electron chi connectivity index (χ0n) is 17.7. The molecule has 2 N–H and O–H groups in total. The molecule has 0 fully saturated rings. The van der Waals surface area contributed by atoms with E-state index in [1.165, 1.54) is 44.7 Å². The minimum absolute atomic E-state index is 0.0663. The molecule has 0 aliphatic heterocycles. The molecular weight excluding hydrogens is 432 g/mol. The van der Waals surface area contributed by atoms with Gasteiger partial charge >= 0.3 is 11.9 Å². The van der Waals surface area contributed by atoms with Crippen LogP contribution in [0.15, 0.2) is 65.3 Å². The van der Waals surface area contributed by atoms with E-state index in [2.05, 4.69) is 20.1 Å². The molecule has 0 unspecified atom stereocenters. The summed E-state index contributed by atoms with van der Waals surface area (Å²) in [4.78, 5) is 48.2. The van der Waals surface area contributed by atoms with Crippen molar-refractivity contribution in [2.45, 2.75) is 0 Å². The van der Waals surface area contributed by atoms with Crippen LogP contribution in [0.5, 0.6) is 5.75 Å². The number of carbonyl (C=O) groups excluding carboxylic acids is 4. The SMILES string of the molecule is COC(=O)c1cc(NC(=O)COc2cccc(NC(=O)c3ccco3)c2)cc(C(=O)OC)c1. The van der Waals surface area contributed by atoms with Gasteiger partial charge in [0.05, 0.1) is 31.6 Å². The predicted molar refractivity (Wildman–Crippen MR) is 116 cm³/mol. The molecule has 0 saturated carbocycles. The minimum Gasteiger partial charge on any atom is -0.484 e. The average Bonchev–Trinajstić information content (AvgIpc) is 3.37. The molecule has 0 bridgehead atoms. The predicted octanol–water partition coefficient (Wildman–Crippen LogP) is 3.12. The van der Waals surface area contributed by atoms with Crippen molar-refractivity contribution in [1.82, 2.24) is 0 Å². The van der Waals surface area contributed by atoms with E-state index in [9.17, 15) is 19.2 Å². The van der Waals surface area contributed by atoms with Crippen molar-refractivity contribution in [3.8, 4) is 5.75 Å². The Kier molecular flexibility index (Phi) is 7.43. The zero-order valence-corrected chi connectivity index (χ0v) is 17.7. The van der Waals surface area contributed by atoms with Crippen molar-refractivity contribution in [3.05, 3.63) is 77.7 Å². The summed E-state index contributed by atoms with van der Waals surface area (Å²) in [5, 5.41) is 5.21. The average molecular weight is 452 g/mol. The first kappa shape index (κ1) is 23.1. The van der Waals surface area contributed by atoms with Gasteiger partial charge in [0, 0.05) is 17.4 Å². The third-order valence-electron chi connectivity index (χ3n) is 4.27. The molecule has 0 radical (unpaired) electrons. The smallest absolute Gasteiger partial charge is 0.337 e. The van der Waals surface area contributed by atoms with E-state index in [0.29, 0.717) is 11.4 Å². The number of nitrogens with one attached hydrogen (secondary N) is 2. The van der Waals surface area contributed by atoms with Crippen LogP contribution in [-0.2, 0) is 14.3 Å². The number of amides is 2. The lowest BCUT2D eigenvalue weighted by Gasteiger charge is -2.11. The second-order valence-electron chi connectivity index (χ2n) is 6.58. The molecule has 0 aliphatic carbocycles. The van der Waals surface area contributed by atoms with Gasteiger partial charge in [-0.1, -0.05) is 6.07 Å². The van der Waals surface area contributed by atoms with Crippen LogP contribution in [-0.4, -0.2) is 44.6 Å². The lowest BCUT2D eigenvalue weighted by molar-refractivity contribution is -0.118. The minimum atomic E-state index is -0.680. The van der Waals surface area contributed by atoms with Gasteiger partial charge in [0.2, 0.25) is 0 Å². The molecule has 170 valence electrons. The monoisotopic (exact) mass is 452 g/mol. The van der Waals surface area contributed by atoms with Gasteiger partial charge in [-0.05, 0) is 42.5 Å². The summed E-state index contributed by atoms with van der Waals surface area (Å²) in [6.45, 7) is -0.369. The van der Waals surface area contributed by atoms with Crippen LogP contribution in [0, 0.1) is 0 Å². The number of ether oxygens (including phenoxy) is 3. The van der Waals surface area contributed by atoms with Gasteiger partial charge in [-0.3, -0.25) is 9.59 Å². The number of hydrogen-bond acceptors (Lipinski definition) is 8. The lowest BCUT2D eigenvalue weighted by Crippen LogP contribution is -2.21. The van der Waals surface area contributed by atoms with Gasteiger partial charge in [-0.2, -0.15) is 0 Å². The number of methoxy groups -OCH3 is 2. The Morgan fingerprint density at radius 1 is 0.818 bits per heavy atom. The van der Waals surface area contributed by atoms with E-state index in [-0.39, 0.29) is 29.2 Å². The first-order valence-corrected chi connectivity index (χ1v) is 9.59. The summed E-state index contributed by atoms with van der Waals surface area (Å²) in [6, 6.07) is 13.6. The Morgan fingerprint density at radius 2 is 1.52 bits per heavy atom. The Morgan fingerprint density at radius 3 is 2.12 bits per heavy atom. The van der Waals surface area contributed by atoms with E-state index >= 15 is 0 Å². The van der Waals surface area contributed by atoms with Crippen molar-refractivity contribution in [2.75, 3.05) is 31.5 Å². The first-order chi connectivity index (χ1) is 15.9. The Balaban J connectivity index is 1.64. The molecule has 0 aliphatic rings. The number of carbonyl (C=O) groups is 4. The molecule has 1 heterocycles. The summed E-state index contributed by atoms with van der Waals surface area (Å²) >= 11 is 0. The van der Waals surface area contributed by atoms with Crippen molar-refractivity contribution in [3.63, 3.8) is 0 Å². The fourth-order valence-electron chi connectivity index (χ4n) is 2.78. The van der Waals surface area contributed by atoms with Crippen LogP contribution in [0.1, 0.15) is 31.3 Å². The van der Waals surface area contributed by atoms with Gasteiger partial charge in [0.25, 0.3) is 11.8 Å². The van der Waals surface area contributed by atoms with E-state index in [1.54, 1.807) is 30.3 Å². The maximum atomic E-state index is 12.4. The zero-order chi connectivity index (χ0) is 23.8. The molecular formula is C23H20N2O8. The normalized spacial score (nSPS) is 10.1. The van der Waals surface area contributed by atoms with Gasteiger partial charge in [-0.25, -0.2) is 9.59 Å². The van der Waals surface area contributed by atoms with Gasteiger partial charge in [0.1, 0.15) is 5.75 Å². The molecule has 0 saturated heterocycles. The number of esters is 2. The maximum Gasteiger partial charge on any atom is 0.337 e. The maximum absolute atomic E-state index is 12.4. The topological polar surface area (TPSA) is 133 Å². The number of benzene rings is 2. The highest BCUT2D eigenvalue weighted by Crippen LogP contribution is 2.20. The van der Waals surface area contributed by atoms with Crippen LogP contribution in [0.4, 0.5) is 11.4 Å². The summed E-state index contributed by atoms with van der Waals surface area (Å²) in [6.07, 6.45) is 1.39. The molecule has 33 heavy (non-hydrogen) atoms. The molecule has 10 heteroatoms. The number of rotatable bonds is 8. The molecule has 10 nitrogen and oxygen atoms in total. The van der Waals surface area contributed by atoms with E-state index in [1.807, 2.05) is 0 Å². The molecule has 3 aromatic rings. The Labute approximate surface area is 188 Å². The molecule has 2 amide bonds. The highest BCUT2D eigenvalue weighted by Gasteiger charge is 2.15. The summed E-state index contributed by atoms with van der Waals surface area (Å²) < 4.78 is 19.9.